The molecule has 1 saturated heterocycles. The van der Waals surface area contributed by atoms with Crippen molar-refractivity contribution in [3.8, 4) is 0 Å². The maximum atomic E-state index is 11.9. The second kappa shape index (κ2) is 5.41. The molecule has 0 aromatic carbocycles. The van der Waals surface area contributed by atoms with Gasteiger partial charge in [-0.25, -0.2) is 4.98 Å². The predicted octanol–water partition coefficient (Wildman–Crippen LogP) is 1.46. The van der Waals surface area contributed by atoms with Crippen LogP contribution in [0.25, 0.3) is 0 Å². The number of hydrogen-bond acceptors (Lipinski definition) is 4. The van der Waals surface area contributed by atoms with Crippen LogP contribution in [0, 0.1) is 0 Å². The smallest absolute Gasteiger partial charge is 0.237 e. The summed E-state index contributed by atoms with van der Waals surface area (Å²) >= 11 is 1.59. The Balaban J connectivity index is 1.93. The molecular weight excluding hydrogens is 222 g/mol. The van der Waals surface area contributed by atoms with Crippen molar-refractivity contribution < 1.29 is 4.79 Å². The van der Waals surface area contributed by atoms with Crippen molar-refractivity contribution in [2.75, 3.05) is 6.54 Å². The first-order valence-electron chi connectivity index (χ1n) is 5.74. The van der Waals surface area contributed by atoms with E-state index in [1.807, 2.05) is 5.38 Å². The summed E-state index contributed by atoms with van der Waals surface area (Å²) in [7, 11) is 0. The van der Waals surface area contributed by atoms with E-state index in [0.29, 0.717) is 0 Å². The molecular formula is C11H17N3OS. The lowest BCUT2D eigenvalue weighted by molar-refractivity contribution is -0.123. The van der Waals surface area contributed by atoms with Gasteiger partial charge >= 0.3 is 0 Å². The van der Waals surface area contributed by atoms with Crippen LogP contribution in [0.5, 0.6) is 0 Å². The highest BCUT2D eigenvalue weighted by Crippen LogP contribution is 2.19. The molecule has 1 fully saturated rings. The van der Waals surface area contributed by atoms with E-state index in [9.17, 15) is 4.79 Å². The normalized spacial score (nSPS) is 21.9. The van der Waals surface area contributed by atoms with Gasteiger partial charge in [-0.3, -0.25) is 4.79 Å². The number of rotatable bonds is 4. The third-order valence-electron chi connectivity index (χ3n) is 2.85. The van der Waals surface area contributed by atoms with Crippen LogP contribution in [0.3, 0.4) is 0 Å². The number of nitrogens with one attached hydrogen (secondary N) is 2. The molecule has 0 bridgehead atoms. The van der Waals surface area contributed by atoms with E-state index in [1.165, 1.54) is 0 Å². The zero-order chi connectivity index (χ0) is 11.4. The first-order chi connectivity index (χ1) is 7.81. The summed E-state index contributed by atoms with van der Waals surface area (Å²) < 4.78 is 0. The number of carbonyl (C=O) groups is 1. The molecule has 2 rings (SSSR count). The lowest BCUT2D eigenvalue weighted by atomic mass is 10.2. The van der Waals surface area contributed by atoms with Crippen molar-refractivity contribution in [3.63, 3.8) is 0 Å². The molecule has 1 amide bonds. The first kappa shape index (κ1) is 11.5. The molecule has 1 aromatic heterocycles. The minimum Gasteiger partial charge on any atom is -0.346 e. The standard InChI is InChI=1S/C11H17N3OS/c1-2-8(11-13-6-7-16-11)14-10(15)9-4-3-5-12-9/h6-9,12H,2-5H2,1H3,(H,14,15)/t8?,9-/m0/s1. The molecule has 2 heterocycles. The number of hydrogen-bond donors (Lipinski definition) is 2. The Morgan fingerprint density at radius 2 is 2.69 bits per heavy atom. The van der Waals surface area contributed by atoms with Crippen LogP contribution >= 0.6 is 11.3 Å². The van der Waals surface area contributed by atoms with E-state index in [0.717, 1.165) is 30.8 Å². The molecule has 2 N–H and O–H groups in total. The Morgan fingerprint density at radius 3 is 3.25 bits per heavy atom. The quantitative estimate of drug-likeness (QED) is 0.836. The topological polar surface area (TPSA) is 54.0 Å². The Bertz CT molecular complexity index is 333. The molecule has 0 aliphatic carbocycles. The summed E-state index contributed by atoms with van der Waals surface area (Å²) in [6.07, 6.45) is 4.70. The number of aromatic nitrogens is 1. The average Bonchev–Trinajstić information content (AvgIpc) is 2.96. The van der Waals surface area contributed by atoms with Crippen LogP contribution in [0.2, 0.25) is 0 Å². The van der Waals surface area contributed by atoms with Gasteiger partial charge in [0.25, 0.3) is 0 Å². The maximum Gasteiger partial charge on any atom is 0.237 e. The molecule has 4 nitrogen and oxygen atoms in total. The van der Waals surface area contributed by atoms with Gasteiger partial charge in [-0.05, 0) is 25.8 Å². The fourth-order valence-corrected chi connectivity index (χ4v) is 2.70. The summed E-state index contributed by atoms with van der Waals surface area (Å²) in [6, 6.07) is 0.0592. The Hall–Kier alpha value is -0.940. The van der Waals surface area contributed by atoms with E-state index in [2.05, 4.69) is 22.5 Å². The van der Waals surface area contributed by atoms with Crippen LogP contribution in [-0.4, -0.2) is 23.5 Å². The summed E-state index contributed by atoms with van der Waals surface area (Å²) in [5.41, 5.74) is 0. The third-order valence-corrected chi connectivity index (χ3v) is 3.74. The summed E-state index contributed by atoms with van der Waals surface area (Å²) in [6.45, 7) is 3.01. The lowest BCUT2D eigenvalue weighted by Gasteiger charge is -2.17. The molecule has 1 unspecified atom stereocenters. The first-order valence-corrected chi connectivity index (χ1v) is 6.62. The van der Waals surface area contributed by atoms with Crippen LogP contribution in [0.4, 0.5) is 0 Å². The zero-order valence-corrected chi connectivity index (χ0v) is 10.2. The highest BCUT2D eigenvalue weighted by molar-refractivity contribution is 7.09. The molecule has 0 spiro atoms. The molecule has 0 radical (unpaired) electrons. The Labute approximate surface area is 99.5 Å². The van der Waals surface area contributed by atoms with Gasteiger partial charge in [-0.2, -0.15) is 0 Å². The highest BCUT2D eigenvalue weighted by Gasteiger charge is 2.24. The van der Waals surface area contributed by atoms with E-state index in [4.69, 9.17) is 0 Å². The zero-order valence-electron chi connectivity index (χ0n) is 9.40. The lowest BCUT2D eigenvalue weighted by Crippen LogP contribution is -2.41. The van der Waals surface area contributed by atoms with Crippen molar-refractivity contribution >= 4 is 17.2 Å². The van der Waals surface area contributed by atoms with E-state index >= 15 is 0 Å². The third kappa shape index (κ3) is 2.59. The Kier molecular flexibility index (Phi) is 3.90. The summed E-state index contributed by atoms with van der Waals surface area (Å²) in [4.78, 5) is 16.2. The molecule has 1 aliphatic rings. The van der Waals surface area contributed by atoms with Crippen LogP contribution < -0.4 is 10.6 Å². The number of carbonyl (C=O) groups excluding carboxylic acids is 1. The maximum absolute atomic E-state index is 11.9. The molecule has 0 saturated carbocycles. The monoisotopic (exact) mass is 239 g/mol. The van der Waals surface area contributed by atoms with Gasteiger partial charge < -0.3 is 10.6 Å². The van der Waals surface area contributed by atoms with E-state index in [-0.39, 0.29) is 18.0 Å². The molecule has 88 valence electrons. The summed E-state index contributed by atoms with van der Waals surface area (Å²) in [5, 5.41) is 9.20. The average molecular weight is 239 g/mol. The second-order valence-electron chi connectivity index (χ2n) is 3.99. The SMILES string of the molecule is CCC(NC(=O)[C@@H]1CCCN1)c1nccs1. The summed E-state index contributed by atoms with van der Waals surface area (Å²) in [5.74, 6) is 0.111. The fourth-order valence-electron chi connectivity index (χ4n) is 1.93. The van der Waals surface area contributed by atoms with Gasteiger partial charge in [0.15, 0.2) is 0 Å². The van der Waals surface area contributed by atoms with Gasteiger partial charge in [0.05, 0.1) is 12.1 Å². The highest BCUT2D eigenvalue weighted by atomic mass is 32.1. The molecule has 1 aromatic rings. The van der Waals surface area contributed by atoms with Gasteiger partial charge in [0.2, 0.25) is 5.91 Å². The van der Waals surface area contributed by atoms with Crippen molar-refractivity contribution in [2.45, 2.75) is 38.3 Å². The van der Waals surface area contributed by atoms with Crippen LogP contribution in [-0.2, 0) is 4.79 Å². The number of thiazole rings is 1. The van der Waals surface area contributed by atoms with Gasteiger partial charge in [0, 0.05) is 11.6 Å². The van der Waals surface area contributed by atoms with Gasteiger partial charge in [0.1, 0.15) is 5.01 Å². The Morgan fingerprint density at radius 1 is 1.81 bits per heavy atom. The minimum atomic E-state index is -0.00554. The second-order valence-corrected chi connectivity index (χ2v) is 4.91. The molecule has 2 atom stereocenters. The van der Waals surface area contributed by atoms with Crippen molar-refractivity contribution in [3.05, 3.63) is 16.6 Å². The fraction of sp³-hybridized carbons (Fsp3) is 0.636. The van der Waals surface area contributed by atoms with Crippen LogP contribution in [0.1, 0.15) is 37.2 Å². The van der Waals surface area contributed by atoms with Crippen molar-refractivity contribution in [2.24, 2.45) is 0 Å². The van der Waals surface area contributed by atoms with Crippen LogP contribution in [0.15, 0.2) is 11.6 Å². The van der Waals surface area contributed by atoms with Crippen molar-refractivity contribution in [1.29, 1.82) is 0 Å². The minimum absolute atomic E-state index is 0.00554. The van der Waals surface area contributed by atoms with Gasteiger partial charge in [-0.15, -0.1) is 11.3 Å². The number of nitrogens with zero attached hydrogens (tertiary/aromatic N) is 1. The predicted molar refractivity (Wildman–Crippen MR) is 64.3 cm³/mol. The van der Waals surface area contributed by atoms with Crippen molar-refractivity contribution in [1.82, 2.24) is 15.6 Å². The van der Waals surface area contributed by atoms with E-state index < -0.39 is 0 Å². The largest absolute Gasteiger partial charge is 0.346 e. The molecule has 1 aliphatic heterocycles. The van der Waals surface area contributed by atoms with Gasteiger partial charge in [-0.1, -0.05) is 6.92 Å². The molecule has 16 heavy (non-hydrogen) atoms. The number of amides is 1. The molecule has 5 heteroatoms. The van der Waals surface area contributed by atoms with E-state index in [1.54, 1.807) is 17.5 Å².